The molecular weight excluding hydrogens is 302 g/mol. The quantitative estimate of drug-likeness (QED) is 0.774. The fourth-order valence-corrected chi connectivity index (χ4v) is 1.96. The number of nitrogens with zero attached hydrogens (tertiary/aromatic N) is 3. The molecule has 122 valence electrons. The second kappa shape index (κ2) is 7.50. The molecular formula is C15H17N3O5. The molecule has 0 aliphatic carbocycles. The lowest BCUT2D eigenvalue weighted by molar-refractivity contribution is 0.0504. The molecule has 1 heterocycles. The number of rotatable bonds is 7. The summed E-state index contributed by atoms with van der Waals surface area (Å²) >= 11 is 0. The molecule has 1 aromatic carbocycles. The number of hydrogen-bond donors (Lipinski definition) is 1. The van der Waals surface area contributed by atoms with Crippen molar-refractivity contribution in [2.75, 3.05) is 13.7 Å². The smallest absolute Gasteiger partial charge is 0.358 e. The largest absolute Gasteiger partial charge is 0.476 e. The van der Waals surface area contributed by atoms with Gasteiger partial charge in [-0.2, -0.15) is 0 Å². The molecule has 23 heavy (non-hydrogen) atoms. The van der Waals surface area contributed by atoms with E-state index in [1.807, 2.05) is 6.92 Å². The number of aromatic nitrogens is 3. The Kier molecular flexibility index (Phi) is 5.42. The van der Waals surface area contributed by atoms with Crippen LogP contribution in [0, 0.1) is 0 Å². The van der Waals surface area contributed by atoms with Gasteiger partial charge in [0.15, 0.2) is 5.69 Å². The molecule has 0 saturated carbocycles. The van der Waals surface area contributed by atoms with Crippen LogP contribution < -0.4 is 0 Å². The van der Waals surface area contributed by atoms with E-state index in [2.05, 4.69) is 10.3 Å². The van der Waals surface area contributed by atoms with Gasteiger partial charge in [0.25, 0.3) is 0 Å². The summed E-state index contributed by atoms with van der Waals surface area (Å²) < 4.78 is 11.4. The molecule has 8 nitrogen and oxygen atoms in total. The summed E-state index contributed by atoms with van der Waals surface area (Å²) in [6.45, 7) is 2.33. The predicted molar refractivity (Wildman–Crippen MR) is 79.6 cm³/mol. The zero-order valence-corrected chi connectivity index (χ0v) is 12.9. The average molecular weight is 319 g/mol. The molecule has 0 fully saturated rings. The molecule has 0 bridgehead atoms. The minimum Gasteiger partial charge on any atom is -0.476 e. The molecule has 2 aromatic rings. The summed E-state index contributed by atoms with van der Waals surface area (Å²) in [4.78, 5) is 22.9. The fraction of sp³-hybridized carbons (Fsp3) is 0.333. The SMILES string of the molecule is CCCOC(=O)c1ccc(-n2nnc(C(=O)O)c2COC)cc1. The molecule has 0 aliphatic heterocycles. The zero-order valence-electron chi connectivity index (χ0n) is 12.9. The van der Waals surface area contributed by atoms with Crippen LogP contribution in [0.4, 0.5) is 0 Å². The van der Waals surface area contributed by atoms with Crippen molar-refractivity contribution >= 4 is 11.9 Å². The number of esters is 1. The summed E-state index contributed by atoms with van der Waals surface area (Å²) in [5, 5.41) is 16.6. The van der Waals surface area contributed by atoms with Crippen LogP contribution in [0.25, 0.3) is 5.69 Å². The minimum absolute atomic E-state index is 0.0505. The van der Waals surface area contributed by atoms with Gasteiger partial charge in [-0.15, -0.1) is 5.10 Å². The van der Waals surface area contributed by atoms with Gasteiger partial charge in [-0.25, -0.2) is 14.3 Å². The standard InChI is InChI=1S/C15H17N3O5/c1-3-8-23-15(21)10-4-6-11(7-5-10)18-12(9-22-2)13(14(19)20)16-17-18/h4-7H,3,8-9H2,1-2H3,(H,19,20). The van der Waals surface area contributed by atoms with Gasteiger partial charge >= 0.3 is 11.9 Å². The molecule has 0 unspecified atom stereocenters. The fourth-order valence-electron chi connectivity index (χ4n) is 1.96. The summed E-state index contributed by atoms with van der Waals surface area (Å²) in [7, 11) is 1.45. The van der Waals surface area contributed by atoms with Gasteiger partial charge in [-0.3, -0.25) is 0 Å². The lowest BCUT2D eigenvalue weighted by atomic mass is 10.2. The van der Waals surface area contributed by atoms with E-state index >= 15 is 0 Å². The third kappa shape index (κ3) is 3.72. The third-order valence-electron chi connectivity index (χ3n) is 3.03. The van der Waals surface area contributed by atoms with E-state index in [1.54, 1.807) is 24.3 Å². The molecule has 2 rings (SSSR count). The van der Waals surface area contributed by atoms with Crippen molar-refractivity contribution in [1.29, 1.82) is 0 Å². The van der Waals surface area contributed by atoms with Crippen molar-refractivity contribution < 1.29 is 24.2 Å². The van der Waals surface area contributed by atoms with Crippen molar-refractivity contribution in [2.24, 2.45) is 0 Å². The predicted octanol–water partition coefficient (Wildman–Crippen LogP) is 1.68. The Morgan fingerprint density at radius 3 is 2.52 bits per heavy atom. The zero-order chi connectivity index (χ0) is 16.8. The van der Waals surface area contributed by atoms with Crippen molar-refractivity contribution in [3.05, 3.63) is 41.2 Å². The Morgan fingerprint density at radius 1 is 1.26 bits per heavy atom. The summed E-state index contributed by atoms with van der Waals surface area (Å²) in [5.41, 5.74) is 1.14. The summed E-state index contributed by atoms with van der Waals surface area (Å²) in [5.74, 6) is -1.58. The number of carbonyl (C=O) groups is 2. The number of aromatic carboxylic acids is 1. The maximum Gasteiger partial charge on any atom is 0.358 e. The van der Waals surface area contributed by atoms with Crippen molar-refractivity contribution in [2.45, 2.75) is 20.0 Å². The van der Waals surface area contributed by atoms with Crippen LogP contribution in [0.15, 0.2) is 24.3 Å². The summed E-state index contributed by atoms with van der Waals surface area (Å²) in [6, 6.07) is 6.46. The number of carbonyl (C=O) groups excluding carboxylic acids is 1. The Bertz CT molecular complexity index is 694. The number of benzene rings is 1. The van der Waals surface area contributed by atoms with Gasteiger partial charge in [0, 0.05) is 7.11 Å². The minimum atomic E-state index is -1.18. The van der Waals surface area contributed by atoms with Crippen LogP contribution in [-0.2, 0) is 16.1 Å². The number of hydrogen-bond acceptors (Lipinski definition) is 6. The first kappa shape index (κ1) is 16.6. The van der Waals surface area contributed by atoms with Crippen molar-refractivity contribution in [3.8, 4) is 5.69 Å². The second-order valence-electron chi connectivity index (χ2n) is 4.72. The number of carboxylic acids is 1. The van der Waals surface area contributed by atoms with Crippen LogP contribution in [0.1, 0.15) is 39.9 Å². The molecule has 1 aromatic heterocycles. The Balaban J connectivity index is 2.29. The lowest BCUT2D eigenvalue weighted by Crippen LogP contribution is -2.09. The second-order valence-corrected chi connectivity index (χ2v) is 4.72. The highest BCUT2D eigenvalue weighted by Gasteiger charge is 2.20. The van der Waals surface area contributed by atoms with Crippen LogP contribution in [0.3, 0.4) is 0 Å². The summed E-state index contributed by atoms with van der Waals surface area (Å²) in [6.07, 6.45) is 0.751. The molecule has 0 aliphatic rings. The Labute approximate surface area is 132 Å². The van der Waals surface area contributed by atoms with Gasteiger partial charge in [0.2, 0.25) is 0 Å². The highest BCUT2D eigenvalue weighted by atomic mass is 16.5. The average Bonchev–Trinajstić information content (AvgIpc) is 2.97. The molecule has 0 radical (unpaired) electrons. The topological polar surface area (TPSA) is 104 Å². The van der Waals surface area contributed by atoms with Crippen LogP contribution in [0.5, 0.6) is 0 Å². The lowest BCUT2D eigenvalue weighted by Gasteiger charge is -2.07. The van der Waals surface area contributed by atoms with E-state index in [-0.39, 0.29) is 12.3 Å². The van der Waals surface area contributed by atoms with E-state index in [0.717, 1.165) is 6.42 Å². The normalized spacial score (nSPS) is 10.5. The Morgan fingerprint density at radius 2 is 1.96 bits per heavy atom. The van der Waals surface area contributed by atoms with Gasteiger partial charge < -0.3 is 14.6 Å². The Hall–Kier alpha value is -2.74. The number of methoxy groups -OCH3 is 1. The van der Waals surface area contributed by atoms with Crippen LogP contribution in [-0.4, -0.2) is 45.8 Å². The highest BCUT2D eigenvalue weighted by molar-refractivity contribution is 5.89. The molecule has 0 atom stereocenters. The van der Waals surface area contributed by atoms with Gasteiger partial charge in [0.1, 0.15) is 5.69 Å². The number of ether oxygens (including phenoxy) is 2. The monoisotopic (exact) mass is 319 g/mol. The van der Waals surface area contributed by atoms with E-state index in [0.29, 0.717) is 23.6 Å². The first-order chi connectivity index (χ1) is 11.1. The molecule has 0 amide bonds. The van der Waals surface area contributed by atoms with Gasteiger partial charge in [-0.05, 0) is 30.7 Å². The number of carboxylic acid groups (broad SMARTS) is 1. The van der Waals surface area contributed by atoms with E-state index < -0.39 is 11.9 Å². The highest BCUT2D eigenvalue weighted by Crippen LogP contribution is 2.15. The van der Waals surface area contributed by atoms with E-state index in [4.69, 9.17) is 14.6 Å². The molecule has 8 heteroatoms. The van der Waals surface area contributed by atoms with Crippen LogP contribution >= 0.6 is 0 Å². The maximum atomic E-state index is 11.8. The third-order valence-corrected chi connectivity index (χ3v) is 3.03. The molecule has 1 N–H and O–H groups in total. The van der Waals surface area contributed by atoms with Crippen LogP contribution in [0.2, 0.25) is 0 Å². The van der Waals surface area contributed by atoms with Gasteiger partial charge in [-0.1, -0.05) is 12.1 Å². The molecule has 0 spiro atoms. The molecule has 0 saturated heterocycles. The maximum absolute atomic E-state index is 11.8. The van der Waals surface area contributed by atoms with Crippen molar-refractivity contribution in [3.63, 3.8) is 0 Å². The van der Waals surface area contributed by atoms with Gasteiger partial charge in [0.05, 0.1) is 24.5 Å². The van der Waals surface area contributed by atoms with Crippen molar-refractivity contribution in [1.82, 2.24) is 15.0 Å². The first-order valence-corrected chi connectivity index (χ1v) is 7.02. The van der Waals surface area contributed by atoms with E-state index in [1.165, 1.54) is 11.8 Å². The van der Waals surface area contributed by atoms with E-state index in [9.17, 15) is 9.59 Å². The first-order valence-electron chi connectivity index (χ1n) is 7.02.